The van der Waals surface area contributed by atoms with Crippen LogP contribution in [0.3, 0.4) is 0 Å². The first-order valence-corrected chi connectivity index (χ1v) is 13.5. The van der Waals surface area contributed by atoms with Gasteiger partial charge in [-0.1, -0.05) is 24.9 Å². The lowest BCUT2D eigenvalue weighted by Crippen LogP contribution is -2.42. The van der Waals surface area contributed by atoms with Crippen LogP contribution in [0.2, 0.25) is 5.02 Å². The van der Waals surface area contributed by atoms with E-state index in [-0.39, 0.29) is 35.4 Å². The maximum absolute atomic E-state index is 14.6. The maximum Gasteiger partial charge on any atom is 0.411 e. The van der Waals surface area contributed by atoms with Gasteiger partial charge in [-0.3, -0.25) is 15.0 Å². The van der Waals surface area contributed by atoms with E-state index in [0.717, 1.165) is 12.1 Å². The third-order valence-electron chi connectivity index (χ3n) is 7.35. The van der Waals surface area contributed by atoms with Crippen molar-refractivity contribution in [3.63, 3.8) is 0 Å². The number of methoxy groups -OCH3 is 1. The van der Waals surface area contributed by atoms with Crippen molar-refractivity contribution in [2.24, 2.45) is 5.92 Å². The molecule has 1 aromatic heterocycles. The van der Waals surface area contributed by atoms with E-state index in [1.807, 2.05) is 6.92 Å². The highest BCUT2D eigenvalue weighted by Gasteiger charge is 2.37. The number of hydrogen-bond acceptors (Lipinski definition) is 6. The van der Waals surface area contributed by atoms with E-state index in [2.05, 4.69) is 20.4 Å². The molecule has 3 N–H and O–H groups in total. The van der Waals surface area contributed by atoms with Crippen molar-refractivity contribution < 1.29 is 32.6 Å². The van der Waals surface area contributed by atoms with Gasteiger partial charge in [-0.05, 0) is 43.2 Å². The van der Waals surface area contributed by atoms with E-state index in [1.165, 1.54) is 12.0 Å². The molecule has 0 saturated carbocycles. The van der Waals surface area contributed by atoms with Crippen molar-refractivity contribution in [3.05, 3.63) is 64.6 Å². The van der Waals surface area contributed by atoms with Crippen molar-refractivity contribution in [3.8, 4) is 11.3 Å². The number of anilines is 2. The molecule has 0 radical (unpaired) electrons. The number of carbonyl (C=O) groups excluding carboxylic acids is 3. The van der Waals surface area contributed by atoms with Crippen LogP contribution in [0, 0.1) is 17.6 Å². The summed E-state index contributed by atoms with van der Waals surface area (Å²) in [6.45, 7) is 1.97. The van der Waals surface area contributed by atoms with Crippen molar-refractivity contribution in [1.82, 2.24) is 14.9 Å². The van der Waals surface area contributed by atoms with Crippen molar-refractivity contribution in [2.75, 3.05) is 24.3 Å². The molecule has 1 saturated heterocycles. The van der Waals surface area contributed by atoms with Crippen molar-refractivity contribution in [2.45, 2.75) is 44.8 Å². The third kappa shape index (κ3) is 5.83. The summed E-state index contributed by atoms with van der Waals surface area (Å²) in [5.41, 5.74) is 1.58. The van der Waals surface area contributed by atoms with Crippen molar-refractivity contribution in [1.29, 1.82) is 0 Å². The molecule has 216 valence electrons. The maximum atomic E-state index is 14.6. The van der Waals surface area contributed by atoms with Crippen LogP contribution in [0.25, 0.3) is 11.3 Å². The Balaban J connectivity index is 1.45. The molecule has 2 aliphatic rings. The Morgan fingerprint density at radius 1 is 1.20 bits per heavy atom. The number of cyclic esters (lactones) is 1. The zero-order valence-electron chi connectivity index (χ0n) is 22.3. The third-order valence-corrected chi connectivity index (χ3v) is 7.64. The number of hydrogen-bond donors (Lipinski definition) is 3. The van der Waals surface area contributed by atoms with Crippen LogP contribution < -0.4 is 10.6 Å². The predicted molar refractivity (Wildman–Crippen MR) is 146 cm³/mol. The van der Waals surface area contributed by atoms with Gasteiger partial charge in [0.1, 0.15) is 17.7 Å². The Hall–Kier alpha value is -4.19. The molecule has 0 unspecified atom stereocenters. The molecule has 3 atom stereocenters. The standard InChI is InChI=1S/C28H28ClF2N5O5/c1-14-4-3-5-21(36-11-10-22(41-28(36)39)23-18(30)9-8-17(29)24(23)31)25-32-13-20(34-25)16-7-6-15(33-27(38)40-2)12-19(16)35-26(14)37/h6-9,12-14,21-22H,3-5,10-11H2,1-2H3,(H,32,34)(H,33,38)(H,35,37)/t14-,21+,22+/m1/s1. The second-order valence-corrected chi connectivity index (χ2v) is 10.4. The summed E-state index contributed by atoms with van der Waals surface area (Å²) in [4.78, 5) is 47.3. The summed E-state index contributed by atoms with van der Waals surface area (Å²) in [5, 5.41) is 5.26. The Kier molecular flexibility index (Phi) is 8.11. The van der Waals surface area contributed by atoms with E-state index in [1.54, 1.807) is 24.4 Å². The quantitative estimate of drug-likeness (QED) is 0.298. The molecule has 0 aliphatic carbocycles. The van der Waals surface area contributed by atoms with Gasteiger partial charge in [-0.25, -0.2) is 23.4 Å². The first kappa shape index (κ1) is 28.3. The van der Waals surface area contributed by atoms with Gasteiger partial charge in [-0.15, -0.1) is 0 Å². The number of ether oxygens (including phenoxy) is 2. The molecule has 13 heteroatoms. The number of aromatic nitrogens is 2. The number of H-pyrrole nitrogens is 1. The summed E-state index contributed by atoms with van der Waals surface area (Å²) in [6, 6.07) is 6.60. The fourth-order valence-corrected chi connectivity index (χ4v) is 5.29. The first-order valence-electron chi connectivity index (χ1n) is 13.1. The average molecular weight is 588 g/mol. The van der Waals surface area contributed by atoms with E-state index in [0.29, 0.717) is 47.7 Å². The molecule has 1 fully saturated rings. The highest BCUT2D eigenvalue weighted by Crippen LogP contribution is 2.38. The molecule has 2 bridgehead atoms. The number of nitrogens with zero attached hydrogens (tertiary/aromatic N) is 2. The molecular weight excluding hydrogens is 560 g/mol. The number of amides is 3. The van der Waals surface area contributed by atoms with Crippen LogP contribution in [0.15, 0.2) is 36.5 Å². The molecule has 3 aromatic rings. The van der Waals surface area contributed by atoms with Crippen LogP contribution in [0.4, 0.5) is 29.7 Å². The number of carbonyl (C=O) groups is 3. The van der Waals surface area contributed by atoms with Gasteiger partial charge >= 0.3 is 12.2 Å². The zero-order chi connectivity index (χ0) is 29.3. The lowest BCUT2D eigenvalue weighted by atomic mass is 9.98. The lowest BCUT2D eigenvalue weighted by molar-refractivity contribution is -0.119. The molecule has 3 amide bonds. The number of fused-ring (bicyclic) bond motifs is 4. The van der Waals surface area contributed by atoms with Crippen molar-refractivity contribution >= 4 is 41.1 Å². The minimum absolute atomic E-state index is 0.140. The Labute approximate surface area is 239 Å². The van der Waals surface area contributed by atoms with Gasteiger partial charge in [0.05, 0.1) is 35.1 Å². The monoisotopic (exact) mass is 587 g/mol. The van der Waals surface area contributed by atoms with Crippen LogP contribution in [-0.2, 0) is 14.3 Å². The number of aromatic amines is 1. The van der Waals surface area contributed by atoms with Crippen LogP contribution in [-0.4, -0.2) is 46.6 Å². The largest absolute Gasteiger partial charge is 0.453 e. The van der Waals surface area contributed by atoms with Gasteiger partial charge < -0.3 is 19.8 Å². The van der Waals surface area contributed by atoms with Gasteiger partial charge in [0.2, 0.25) is 5.91 Å². The topological polar surface area (TPSA) is 126 Å². The fourth-order valence-electron chi connectivity index (χ4n) is 5.13. The van der Waals surface area contributed by atoms with Gasteiger partial charge in [0, 0.05) is 36.3 Å². The van der Waals surface area contributed by atoms with Gasteiger partial charge in [0.15, 0.2) is 5.82 Å². The molecule has 3 heterocycles. The summed E-state index contributed by atoms with van der Waals surface area (Å²) < 4.78 is 39.3. The zero-order valence-corrected chi connectivity index (χ0v) is 23.1. The first-order chi connectivity index (χ1) is 19.7. The van der Waals surface area contributed by atoms with Gasteiger partial charge in [0.25, 0.3) is 0 Å². The van der Waals surface area contributed by atoms with E-state index >= 15 is 0 Å². The Morgan fingerprint density at radius 3 is 2.76 bits per heavy atom. The molecule has 5 rings (SSSR count). The molecule has 2 aliphatic heterocycles. The summed E-state index contributed by atoms with van der Waals surface area (Å²) in [7, 11) is 1.25. The number of benzene rings is 2. The minimum Gasteiger partial charge on any atom is -0.453 e. The molecular formula is C28H28ClF2N5O5. The number of nitrogens with one attached hydrogen (secondary N) is 3. The fraction of sp³-hybridized carbons (Fsp3) is 0.357. The SMILES string of the molecule is COC(=O)Nc1ccc2c(c1)NC(=O)[C@H](C)CCC[C@H](N1CC[C@@H](c3c(F)ccc(Cl)c3F)OC1=O)c1nc-2c[nH]1. The average Bonchev–Trinajstić information content (AvgIpc) is 3.43. The molecule has 2 aromatic carbocycles. The second-order valence-electron chi connectivity index (χ2n) is 10.00. The van der Waals surface area contributed by atoms with Gasteiger partial charge in [-0.2, -0.15) is 0 Å². The molecule has 10 nitrogen and oxygen atoms in total. The highest BCUT2D eigenvalue weighted by atomic mass is 35.5. The highest BCUT2D eigenvalue weighted by molar-refractivity contribution is 6.30. The molecule has 0 spiro atoms. The smallest absolute Gasteiger partial charge is 0.411 e. The van der Waals surface area contributed by atoms with E-state index < -0.39 is 36.0 Å². The lowest BCUT2D eigenvalue weighted by Gasteiger charge is -2.36. The van der Waals surface area contributed by atoms with E-state index in [4.69, 9.17) is 21.3 Å². The predicted octanol–water partition coefficient (Wildman–Crippen LogP) is 6.57. The summed E-state index contributed by atoms with van der Waals surface area (Å²) in [5.74, 6) is -1.85. The number of rotatable bonds is 3. The second kappa shape index (κ2) is 11.7. The number of imidazole rings is 1. The van der Waals surface area contributed by atoms with Crippen LogP contribution >= 0.6 is 11.6 Å². The normalized spacial score (nSPS) is 21.1. The number of halogens is 3. The Morgan fingerprint density at radius 2 is 2.00 bits per heavy atom. The minimum atomic E-state index is -1.13. The summed E-state index contributed by atoms with van der Waals surface area (Å²) >= 11 is 5.84. The molecule has 41 heavy (non-hydrogen) atoms. The van der Waals surface area contributed by atoms with Crippen LogP contribution in [0.5, 0.6) is 0 Å². The van der Waals surface area contributed by atoms with E-state index in [9.17, 15) is 23.2 Å². The Bertz CT molecular complexity index is 1500. The summed E-state index contributed by atoms with van der Waals surface area (Å²) in [6.07, 6.45) is 0.864. The van der Waals surface area contributed by atoms with Crippen LogP contribution in [0.1, 0.15) is 56.1 Å².